The van der Waals surface area contributed by atoms with Gasteiger partial charge in [0.1, 0.15) is 0 Å². The smallest absolute Gasteiger partial charge is 0.250 e. The highest BCUT2D eigenvalue weighted by molar-refractivity contribution is 7.99. The number of hydrogen-bond acceptors (Lipinski definition) is 2. The minimum atomic E-state index is -3.03. The van der Waals surface area contributed by atoms with Crippen molar-refractivity contribution >= 4 is 35.0 Å². The van der Waals surface area contributed by atoms with Gasteiger partial charge in [-0.1, -0.05) is 36.2 Å². The molecule has 1 aromatic heterocycles. The van der Waals surface area contributed by atoms with E-state index >= 15 is 0 Å². The molecular formula is C12H13Cl2F2NS. The Morgan fingerprint density at radius 2 is 2.11 bits per heavy atom. The molecule has 0 bridgehead atoms. The Bertz CT molecular complexity index is 414. The van der Waals surface area contributed by atoms with Crippen molar-refractivity contribution in [2.75, 3.05) is 0 Å². The number of hydrogen-bond donors (Lipinski definition) is 0. The molecule has 1 aliphatic rings. The van der Waals surface area contributed by atoms with Gasteiger partial charge in [-0.05, 0) is 18.6 Å². The van der Waals surface area contributed by atoms with Crippen molar-refractivity contribution in [2.45, 2.75) is 40.3 Å². The molecule has 0 spiro atoms. The molecule has 2 atom stereocenters. The van der Waals surface area contributed by atoms with E-state index in [0.29, 0.717) is 6.42 Å². The highest BCUT2D eigenvalue weighted by Gasteiger charge is 2.59. The van der Waals surface area contributed by atoms with Crippen molar-refractivity contribution in [2.24, 2.45) is 5.92 Å². The Morgan fingerprint density at radius 1 is 1.39 bits per heavy atom. The van der Waals surface area contributed by atoms with Crippen molar-refractivity contribution in [1.82, 2.24) is 4.98 Å². The molecule has 6 heteroatoms. The molecule has 0 saturated heterocycles. The molecule has 0 amide bonds. The summed E-state index contributed by atoms with van der Waals surface area (Å²) in [5.74, 6) is -3.53. The normalized spacial score (nSPS) is 30.1. The predicted octanol–water partition coefficient (Wildman–Crippen LogP) is 4.78. The van der Waals surface area contributed by atoms with Crippen molar-refractivity contribution in [3.63, 3.8) is 0 Å². The highest BCUT2D eigenvalue weighted by atomic mass is 35.5. The van der Waals surface area contributed by atoms with E-state index in [1.165, 1.54) is 11.8 Å². The van der Waals surface area contributed by atoms with E-state index in [1.54, 1.807) is 13.1 Å². The summed E-state index contributed by atoms with van der Waals surface area (Å²) in [4.78, 5) is 4.18. The lowest BCUT2D eigenvalue weighted by Crippen LogP contribution is -2.51. The summed E-state index contributed by atoms with van der Waals surface area (Å²) in [5.41, 5.74) is 0. The molecule has 0 unspecified atom stereocenters. The van der Waals surface area contributed by atoms with Gasteiger partial charge >= 0.3 is 0 Å². The molecule has 100 valence electrons. The SMILES string of the molecule is C[C@H]1[C@H](Sc2ccccn2)CCC(F)(F)C1(Cl)Cl. The fourth-order valence-electron chi connectivity index (χ4n) is 2.04. The summed E-state index contributed by atoms with van der Waals surface area (Å²) in [5, 5.41) is 0.762. The molecule has 1 aromatic rings. The molecule has 1 aliphatic carbocycles. The van der Waals surface area contributed by atoms with Gasteiger partial charge in [0, 0.05) is 23.8 Å². The number of halogens is 4. The van der Waals surface area contributed by atoms with Crippen LogP contribution in [0.4, 0.5) is 8.78 Å². The molecule has 1 nitrogen and oxygen atoms in total. The lowest BCUT2D eigenvalue weighted by Gasteiger charge is -2.43. The lowest BCUT2D eigenvalue weighted by atomic mass is 9.86. The summed E-state index contributed by atoms with van der Waals surface area (Å²) in [6.45, 7) is 1.67. The van der Waals surface area contributed by atoms with Crippen LogP contribution in [-0.4, -0.2) is 20.5 Å². The monoisotopic (exact) mass is 311 g/mol. The topological polar surface area (TPSA) is 12.9 Å². The molecule has 0 radical (unpaired) electrons. The van der Waals surface area contributed by atoms with Crippen molar-refractivity contribution < 1.29 is 8.78 Å². The second kappa shape index (κ2) is 5.14. The van der Waals surface area contributed by atoms with Crippen LogP contribution < -0.4 is 0 Å². The quantitative estimate of drug-likeness (QED) is 0.729. The molecule has 1 saturated carbocycles. The summed E-state index contributed by atoms with van der Waals surface area (Å²) in [6.07, 6.45) is 1.78. The van der Waals surface area contributed by atoms with E-state index in [-0.39, 0.29) is 11.7 Å². The second-order valence-corrected chi connectivity index (χ2v) is 7.12. The van der Waals surface area contributed by atoms with Gasteiger partial charge < -0.3 is 0 Å². The maximum Gasteiger partial charge on any atom is 0.280 e. The Labute approximate surface area is 119 Å². The number of nitrogens with zero attached hydrogens (tertiary/aromatic N) is 1. The maximum atomic E-state index is 13.7. The third-order valence-corrected chi connectivity index (χ3v) is 5.94. The minimum Gasteiger partial charge on any atom is -0.250 e. The third kappa shape index (κ3) is 2.61. The van der Waals surface area contributed by atoms with Gasteiger partial charge in [0.2, 0.25) is 0 Å². The van der Waals surface area contributed by atoms with E-state index in [2.05, 4.69) is 4.98 Å². The van der Waals surface area contributed by atoms with Gasteiger partial charge in [0.05, 0.1) is 5.03 Å². The fourth-order valence-corrected chi connectivity index (χ4v) is 3.92. The van der Waals surface area contributed by atoms with Gasteiger partial charge in [0.15, 0.2) is 4.33 Å². The van der Waals surface area contributed by atoms with Crippen LogP contribution >= 0.6 is 35.0 Å². The van der Waals surface area contributed by atoms with E-state index in [1.807, 2.05) is 18.2 Å². The first kappa shape index (κ1) is 14.4. The van der Waals surface area contributed by atoms with Crippen molar-refractivity contribution in [3.05, 3.63) is 24.4 Å². The Morgan fingerprint density at radius 3 is 2.72 bits per heavy atom. The number of thioether (sulfide) groups is 1. The molecule has 18 heavy (non-hydrogen) atoms. The van der Waals surface area contributed by atoms with Crippen molar-refractivity contribution in [1.29, 1.82) is 0 Å². The first-order valence-electron chi connectivity index (χ1n) is 5.68. The standard InChI is InChI=1S/C12H13Cl2F2NS/c1-8-9(18-10-4-2-3-7-17-10)5-6-11(15,16)12(8,13)14/h2-4,7-9H,5-6H2,1H3/t8-,9+/m0/s1. The Kier molecular flexibility index (Phi) is 4.10. The zero-order valence-electron chi connectivity index (χ0n) is 9.75. The first-order chi connectivity index (χ1) is 8.34. The summed E-state index contributed by atoms with van der Waals surface area (Å²) < 4.78 is 25.3. The molecule has 0 aliphatic heterocycles. The second-order valence-electron chi connectivity index (χ2n) is 4.48. The predicted molar refractivity (Wildman–Crippen MR) is 71.7 cm³/mol. The van der Waals surface area contributed by atoms with Gasteiger partial charge in [-0.3, -0.25) is 0 Å². The van der Waals surface area contributed by atoms with Crippen LogP contribution in [0.2, 0.25) is 0 Å². The lowest BCUT2D eigenvalue weighted by molar-refractivity contribution is -0.0577. The van der Waals surface area contributed by atoms with E-state index in [4.69, 9.17) is 23.2 Å². The van der Waals surface area contributed by atoms with E-state index in [0.717, 1.165) is 5.03 Å². The van der Waals surface area contributed by atoms with Crippen LogP contribution in [0.15, 0.2) is 29.4 Å². The fraction of sp³-hybridized carbons (Fsp3) is 0.583. The molecule has 0 aromatic carbocycles. The number of alkyl halides is 4. The number of rotatable bonds is 2. The van der Waals surface area contributed by atoms with Gasteiger partial charge in [-0.25, -0.2) is 13.8 Å². The molecular weight excluding hydrogens is 299 g/mol. The molecule has 0 N–H and O–H groups in total. The third-order valence-electron chi connectivity index (χ3n) is 3.27. The largest absolute Gasteiger partial charge is 0.280 e. The van der Waals surface area contributed by atoms with Gasteiger partial charge in [-0.2, -0.15) is 0 Å². The van der Waals surface area contributed by atoms with Crippen LogP contribution in [0.1, 0.15) is 19.8 Å². The average molecular weight is 312 g/mol. The van der Waals surface area contributed by atoms with Crippen molar-refractivity contribution in [3.8, 4) is 0 Å². The van der Waals surface area contributed by atoms with Crippen LogP contribution in [-0.2, 0) is 0 Å². The molecule has 1 heterocycles. The Balaban J connectivity index is 2.13. The van der Waals surface area contributed by atoms with E-state index in [9.17, 15) is 8.78 Å². The summed E-state index contributed by atoms with van der Waals surface area (Å²) in [7, 11) is 0. The summed E-state index contributed by atoms with van der Waals surface area (Å²) in [6, 6.07) is 5.54. The maximum absolute atomic E-state index is 13.7. The number of pyridine rings is 1. The molecule has 2 rings (SSSR count). The average Bonchev–Trinajstić information content (AvgIpc) is 2.33. The zero-order chi connectivity index (χ0) is 13.4. The number of aromatic nitrogens is 1. The molecule has 1 fully saturated rings. The Hall–Kier alpha value is -0.0600. The minimum absolute atomic E-state index is 0.0467. The van der Waals surface area contributed by atoms with Gasteiger partial charge in [-0.15, -0.1) is 11.8 Å². The highest BCUT2D eigenvalue weighted by Crippen LogP contribution is 2.55. The van der Waals surface area contributed by atoms with E-state index < -0.39 is 16.2 Å². The van der Waals surface area contributed by atoms with Crippen LogP contribution in [0.3, 0.4) is 0 Å². The zero-order valence-corrected chi connectivity index (χ0v) is 12.1. The van der Waals surface area contributed by atoms with Crippen LogP contribution in [0, 0.1) is 5.92 Å². The van der Waals surface area contributed by atoms with Crippen LogP contribution in [0.5, 0.6) is 0 Å². The first-order valence-corrected chi connectivity index (χ1v) is 7.31. The summed E-state index contributed by atoms with van der Waals surface area (Å²) >= 11 is 13.2. The van der Waals surface area contributed by atoms with Crippen LogP contribution in [0.25, 0.3) is 0 Å². The van der Waals surface area contributed by atoms with Gasteiger partial charge in [0.25, 0.3) is 5.92 Å².